The first-order chi connectivity index (χ1) is 26.6. The van der Waals surface area contributed by atoms with Gasteiger partial charge >= 0.3 is 12.2 Å². The van der Waals surface area contributed by atoms with Crippen LogP contribution in [0.3, 0.4) is 0 Å². The van der Waals surface area contributed by atoms with E-state index in [4.69, 9.17) is 19.8 Å². The van der Waals surface area contributed by atoms with Gasteiger partial charge in [-0.3, -0.25) is 0 Å². The number of nitrogens with two attached hydrogens (primary N) is 2. The highest BCUT2D eigenvalue weighted by Gasteiger charge is 2.43. The van der Waals surface area contributed by atoms with E-state index in [2.05, 4.69) is 49.5 Å². The van der Waals surface area contributed by atoms with Gasteiger partial charge in [0, 0.05) is 48.5 Å². The minimum absolute atomic E-state index is 0.0976. The molecule has 4 rings (SSSR count). The Hall–Kier alpha value is -3.78. The van der Waals surface area contributed by atoms with Crippen LogP contribution in [0.25, 0.3) is 0 Å². The molecule has 0 bridgehead atoms. The van der Waals surface area contributed by atoms with Gasteiger partial charge in [-0.1, -0.05) is 30.7 Å². The fraction of sp³-hybridized carbons (Fsp3) is 0.667. The molecule has 0 spiro atoms. The zero-order chi connectivity index (χ0) is 43.7. The van der Waals surface area contributed by atoms with Crippen LogP contribution in [0.4, 0.5) is 9.59 Å². The third-order valence-corrected chi connectivity index (χ3v) is 11.6. The van der Waals surface area contributed by atoms with Crippen molar-refractivity contribution in [3.8, 4) is 11.8 Å². The van der Waals surface area contributed by atoms with Crippen LogP contribution in [0.5, 0.6) is 0 Å². The summed E-state index contributed by atoms with van der Waals surface area (Å²) >= 11 is 0. The number of aromatic nitrogens is 2. The third-order valence-electron chi connectivity index (χ3n) is 9.99. The van der Waals surface area contributed by atoms with Gasteiger partial charge in [-0.25, -0.2) is 46.7 Å². The van der Waals surface area contributed by atoms with Crippen molar-refractivity contribution in [3.05, 3.63) is 47.8 Å². The third kappa shape index (κ3) is 16.1. The Labute approximate surface area is 347 Å². The highest BCUT2D eigenvalue weighted by atomic mass is 32.2. The molecule has 324 valence electrons. The number of hydrogen-bond acceptors (Lipinski definition) is 10. The molecular weight excluding hydrogens is 781 g/mol. The van der Waals surface area contributed by atoms with E-state index in [1.165, 1.54) is 18.3 Å². The number of likely N-dealkylation sites (tertiary alicyclic amines) is 2. The molecule has 4 N–H and O–H groups in total. The molecule has 2 aliphatic heterocycles. The number of unbranched alkanes of at least 4 members (excludes halogenated alkanes) is 3. The molecule has 0 saturated carbocycles. The molecule has 2 aromatic rings. The van der Waals surface area contributed by atoms with Gasteiger partial charge in [-0.2, -0.15) is 0 Å². The monoisotopic (exact) mass is 846 g/mol. The lowest BCUT2D eigenvalue weighted by Crippen LogP contribution is -2.45. The van der Waals surface area contributed by atoms with E-state index in [1.807, 2.05) is 51.3 Å². The second-order valence-electron chi connectivity index (χ2n) is 18.7. The highest BCUT2D eigenvalue weighted by molar-refractivity contribution is 7.89. The van der Waals surface area contributed by atoms with Gasteiger partial charge in [0.2, 0.25) is 0 Å². The molecule has 2 unspecified atom stereocenters. The number of carbonyl (C=O) groups is 2. The maximum Gasteiger partial charge on any atom is 0.410 e. The summed E-state index contributed by atoms with van der Waals surface area (Å²) in [7, 11) is -7.52. The summed E-state index contributed by atoms with van der Waals surface area (Å²) in [6.45, 7) is 21.1. The van der Waals surface area contributed by atoms with Gasteiger partial charge in [0.25, 0.3) is 20.0 Å². The molecule has 16 heteroatoms. The second-order valence-corrected chi connectivity index (χ2v) is 21.7. The predicted molar refractivity (Wildman–Crippen MR) is 224 cm³/mol. The highest BCUT2D eigenvalue weighted by Crippen LogP contribution is 2.37. The van der Waals surface area contributed by atoms with Gasteiger partial charge in [0.15, 0.2) is 10.1 Å². The van der Waals surface area contributed by atoms with Gasteiger partial charge < -0.3 is 19.3 Å². The van der Waals surface area contributed by atoms with Crippen LogP contribution in [-0.2, 0) is 35.9 Å². The van der Waals surface area contributed by atoms with Gasteiger partial charge in [0.05, 0.1) is 0 Å². The molecule has 4 heterocycles. The van der Waals surface area contributed by atoms with Crippen molar-refractivity contribution < 1.29 is 35.9 Å². The summed E-state index contributed by atoms with van der Waals surface area (Å²) in [6.07, 6.45) is 12.2. The predicted octanol–water partition coefficient (Wildman–Crippen LogP) is 7.15. The van der Waals surface area contributed by atoms with Gasteiger partial charge in [-0.05, 0) is 150 Å². The van der Waals surface area contributed by atoms with Crippen LogP contribution in [-0.4, -0.2) is 84.2 Å². The number of nitrogens with zero attached hydrogens (tertiary/aromatic N) is 4. The van der Waals surface area contributed by atoms with E-state index in [0.717, 1.165) is 76.3 Å². The Morgan fingerprint density at radius 3 is 1.60 bits per heavy atom. The molecule has 2 amide bonds. The van der Waals surface area contributed by atoms with Crippen LogP contribution in [0.1, 0.15) is 138 Å². The Bertz CT molecular complexity index is 1980. The summed E-state index contributed by atoms with van der Waals surface area (Å²) in [6, 6.07) is 6.17. The Morgan fingerprint density at radius 1 is 0.724 bits per heavy atom. The van der Waals surface area contributed by atoms with E-state index >= 15 is 0 Å². The lowest BCUT2D eigenvalue weighted by Gasteiger charge is -2.33. The van der Waals surface area contributed by atoms with E-state index in [-0.39, 0.29) is 33.3 Å². The van der Waals surface area contributed by atoms with Crippen molar-refractivity contribution in [2.24, 2.45) is 22.1 Å². The Balaban J connectivity index is 0.000000310. The maximum absolute atomic E-state index is 12.5. The molecular formula is C42H66N6O8S2. The fourth-order valence-electron chi connectivity index (χ4n) is 7.37. The first-order valence-electron chi connectivity index (χ1n) is 20.0. The molecule has 0 aliphatic carbocycles. The summed E-state index contributed by atoms with van der Waals surface area (Å²) < 4.78 is 56.0. The van der Waals surface area contributed by atoms with Crippen molar-refractivity contribution >= 4 is 32.2 Å². The van der Waals surface area contributed by atoms with E-state index in [0.29, 0.717) is 23.9 Å². The lowest BCUT2D eigenvalue weighted by molar-refractivity contribution is 0.0118. The summed E-state index contributed by atoms with van der Waals surface area (Å²) in [4.78, 5) is 36.4. The summed E-state index contributed by atoms with van der Waals surface area (Å²) in [5, 5.41) is 9.82. The molecule has 2 aliphatic rings. The van der Waals surface area contributed by atoms with Crippen LogP contribution in [0, 0.1) is 23.7 Å². The smallest absolute Gasteiger partial charge is 0.410 e. The number of carbonyl (C=O) groups excluding carboxylic acids is 2. The Kier molecular flexibility index (Phi) is 16.4. The molecule has 0 radical (unpaired) electrons. The van der Waals surface area contributed by atoms with E-state index in [9.17, 15) is 26.4 Å². The molecule has 2 atom stereocenters. The molecule has 0 aromatic carbocycles. The van der Waals surface area contributed by atoms with Gasteiger partial charge in [0.1, 0.15) is 11.2 Å². The standard InChI is InChI=1S/C21H35N3O4S.C21H31N3O4S/c2*1-20(2,3)28-19(25)24-15-17(13-21(24,4)5)10-8-6-7-9-16-11-12-18(23-14-16)29(22,26)27/h11-12,14,17H,6-10,13,15H2,1-5H3,(H2,22,26,27);11-12,14,17H,6,8,10,13,15H2,1-5H3,(H2,22,26,27). The quantitative estimate of drug-likeness (QED) is 0.173. The van der Waals surface area contributed by atoms with Crippen molar-refractivity contribution in [3.63, 3.8) is 0 Å². The molecule has 2 saturated heterocycles. The van der Waals surface area contributed by atoms with E-state index in [1.54, 1.807) is 18.3 Å². The zero-order valence-electron chi connectivity index (χ0n) is 36.1. The average molecular weight is 847 g/mol. The number of rotatable bonds is 11. The molecule has 2 aromatic heterocycles. The van der Waals surface area contributed by atoms with Crippen molar-refractivity contribution in [2.75, 3.05) is 13.1 Å². The normalized spacial score (nSPS) is 19.1. The van der Waals surface area contributed by atoms with Crippen molar-refractivity contribution in [2.45, 2.75) is 166 Å². The van der Waals surface area contributed by atoms with E-state index < -0.39 is 31.2 Å². The molecule has 58 heavy (non-hydrogen) atoms. The Morgan fingerprint density at radius 2 is 1.19 bits per heavy atom. The fourth-order valence-corrected chi connectivity index (χ4v) is 8.28. The van der Waals surface area contributed by atoms with Gasteiger partial charge in [-0.15, -0.1) is 0 Å². The minimum atomic E-state index is -3.78. The minimum Gasteiger partial charge on any atom is -0.444 e. The van der Waals surface area contributed by atoms with Crippen LogP contribution in [0.15, 0.2) is 46.7 Å². The van der Waals surface area contributed by atoms with Crippen molar-refractivity contribution in [1.29, 1.82) is 0 Å². The number of aryl methyl sites for hydroxylation is 1. The SMILES string of the molecule is CC(C)(C)OC(=O)N1CC(CCCC#Cc2ccc(S(N)(=O)=O)nc2)CC1(C)C.CC(C)(C)OC(=O)N1CC(CCCCCc2ccc(S(N)(=O)=O)nc2)CC1(C)C. The van der Waals surface area contributed by atoms with Crippen LogP contribution in [0.2, 0.25) is 0 Å². The summed E-state index contributed by atoms with van der Waals surface area (Å²) in [5.41, 5.74) is 0.291. The first-order valence-corrected chi connectivity index (χ1v) is 23.1. The first kappa shape index (κ1) is 48.6. The lowest BCUT2D eigenvalue weighted by atomic mass is 9.92. The largest absolute Gasteiger partial charge is 0.444 e. The maximum atomic E-state index is 12.5. The zero-order valence-corrected chi connectivity index (χ0v) is 37.8. The average Bonchev–Trinajstić information content (AvgIpc) is 3.56. The second kappa shape index (κ2) is 19.5. The number of primary sulfonamides is 2. The number of hydrogen-bond donors (Lipinski definition) is 2. The number of amides is 2. The van der Waals surface area contributed by atoms with Crippen molar-refractivity contribution in [1.82, 2.24) is 19.8 Å². The number of pyridine rings is 2. The summed E-state index contributed by atoms with van der Waals surface area (Å²) in [5.74, 6) is 7.00. The topological polar surface area (TPSA) is 205 Å². The molecule has 14 nitrogen and oxygen atoms in total. The number of sulfonamides is 2. The number of ether oxygens (including phenoxy) is 2. The van der Waals surface area contributed by atoms with Crippen LogP contribution < -0.4 is 10.3 Å². The molecule has 2 fully saturated rings. The van der Waals surface area contributed by atoms with Crippen LogP contribution >= 0.6 is 0 Å².